The first-order valence-electron chi connectivity index (χ1n) is 7.99. The van der Waals surface area contributed by atoms with Gasteiger partial charge in [-0.05, 0) is 43.9 Å². The molecule has 0 saturated heterocycles. The summed E-state index contributed by atoms with van der Waals surface area (Å²) in [7, 11) is 0. The summed E-state index contributed by atoms with van der Waals surface area (Å²) < 4.78 is 2.01. The van der Waals surface area contributed by atoms with Gasteiger partial charge >= 0.3 is 0 Å². The summed E-state index contributed by atoms with van der Waals surface area (Å²) in [6.45, 7) is 9.40. The summed E-state index contributed by atoms with van der Waals surface area (Å²) in [5.41, 5.74) is 4.75. The van der Waals surface area contributed by atoms with Crippen LogP contribution in [0.25, 0.3) is 22.3 Å². The van der Waals surface area contributed by atoms with Crippen LogP contribution in [0, 0.1) is 19.8 Å². The number of pyridine rings is 2. The Kier molecular flexibility index (Phi) is 4.03. The molecule has 5 nitrogen and oxygen atoms in total. The van der Waals surface area contributed by atoms with Crippen LogP contribution >= 0.6 is 0 Å². The van der Waals surface area contributed by atoms with Crippen molar-refractivity contribution in [3.63, 3.8) is 0 Å². The van der Waals surface area contributed by atoms with E-state index >= 15 is 0 Å². The fourth-order valence-corrected chi connectivity index (χ4v) is 2.82. The first kappa shape index (κ1) is 15.5. The lowest BCUT2D eigenvalue weighted by molar-refractivity contribution is 0.493. The summed E-state index contributed by atoms with van der Waals surface area (Å²) >= 11 is 0. The lowest BCUT2D eigenvalue weighted by Crippen LogP contribution is -2.05. The minimum Gasteiger partial charge on any atom is -0.328 e. The molecule has 0 amide bonds. The molecule has 0 spiro atoms. The zero-order chi connectivity index (χ0) is 16.6. The fourth-order valence-electron chi connectivity index (χ4n) is 2.82. The number of fused-ring (bicyclic) bond motifs is 1. The van der Waals surface area contributed by atoms with Gasteiger partial charge in [-0.2, -0.15) is 5.10 Å². The van der Waals surface area contributed by atoms with E-state index in [0.717, 1.165) is 46.5 Å². The minimum absolute atomic E-state index is 0.107. The van der Waals surface area contributed by atoms with Crippen LogP contribution < -0.4 is 5.56 Å². The number of aromatic nitrogens is 4. The molecule has 0 fully saturated rings. The van der Waals surface area contributed by atoms with Gasteiger partial charge in [-0.1, -0.05) is 13.8 Å². The summed E-state index contributed by atoms with van der Waals surface area (Å²) in [6.07, 6.45) is 2.78. The topological polar surface area (TPSA) is 63.6 Å². The molecular formula is C18H22N4O. The van der Waals surface area contributed by atoms with Gasteiger partial charge < -0.3 is 4.98 Å². The van der Waals surface area contributed by atoms with Crippen molar-refractivity contribution in [1.82, 2.24) is 19.7 Å². The van der Waals surface area contributed by atoms with E-state index < -0.39 is 0 Å². The maximum Gasteiger partial charge on any atom is 0.247 e. The Balaban J connectivity index is 2.13. The van der Waals surface area contributed by atoms with Gasteiger partial charge in [0.1, 0.15) is 0 Å². The summed E-state index contributed by atoms with van der Waals surface area (Å²) in [4.78, 5) is 18.8. The van der Waals surface area contributed by atoms with Crippen molar-refractivity contribution in [2.24, 2.45) is 5.92 Å². The molecule has 0 radical (unpaired) electrons. The van der Waals surface area contributed by atoms with Crippen LogP contribution in [0.1, 0.15) is 31.5 Å². The van der Waals surface area contributed by atoms with Gasteiger partial charge in [-0.25, -0.2) is 9.67 Å². The zero-order valence-electron chi connectivity index (χ0n) is 14.1. The van der Waals surface area contributed by atoms with E-state index in [0.29, 0.717) is 5.92 Å². The number of aryl methyl sites for hydroxylation is 3. The molecule has 3 aromatic rings. The van der Waals surface area contributed by atoms with Crippen molar-refractivity contribution >= 4 is 11.0 Å². The second-order valence-corrected chi connectivity index (χ2v) is 6.46. The maximum absolute atomic E-state index is 11.2. The summed E-state index contributed by atoms with van der Waals surface area (Å²) in [6, 6.07) is 5.38. The molecule has 3 aromatic heterocycles. The predicted octanol–water partition coefficient (Wildman–Crippen LogP) is 3.45. The number of nitrogens with zero attached hydrogens (tertiary/aromatic N) is 3. The van der Waals surface area contributed by atoms with Crippen LogP contribution in [0.4, 0.5) is 0 Å². The van der Waals surface area contributed by atoms with Crippen molar-refractivity contribution in [2.45, 2.75) is 40.7 Å². The lowest BCUT2D eigenvalue weighted by atomic mass is 10.1. The second-order valence-electron chi connectivity index (χ2n) is 6.46. The van der Waals surface area contributed by atoms with E-state index in [9.17, 15) is 4.79 Å². The summed E-state index contributed by atoms with van der Waals surface area (Å²) in [5.74, 6) is 0.623. The van der Waals surface area contributed by atoms with E-state index in [1.807, 2.05) is 11.6 Å². The van der Waals surface area contributed by atoms with E-state index in [4.69, 9.17) is 4.98 Å². The predicted molar refractivity (Wildman–Crippen MR) is 92.5 cm³/mol. The molecule has 3 rings (SSSR count). The van der Waals surface area contributed by atoms with Crippen molar-refractivity contribution in [3.8, 4) is 11.3 Å². The van der Waals surface area contributed by atoms with Crippen molar-refractivity contribution < 1.29 is 0 Å². The Morgan fingerprint density at radius 3 is 2.70 bits per heavy atom. The van der Waals surface area contributed by atoms with E-state index in [2.05, 4.69) is 36.9 Å². The smallest absolute Gasteiger partial charge is 0.247 e. The molecule has 0 aliphatic rings. The molecule has 0 saturated carbocycles. The van der Waals surface area contributed by atoms with Crippen LogP contribution in [0.5, 0.6) is 0 Å². The SMILES string of the molecule is Cc1cc(-c2ccc(=O)[nH]c2)nc2c1c(C)nn2CCC(C)C. The Morgan fingerprint density at radius 2 is 2.04 bits per heavy atom. The third-order valence-electron chi connectivity index (χ3n) is 4.07. The third kappa shape index (κ3) is 3.04. The van der Waals surface area contributed by atoms with E-state index in [1.54, 1.807) is 12.3 Å². The van der Waals surface area contributed by atoms with Crippen LogP contribution in [0.15, 0.2) is 29.2 Å². The van der Waals surface area contributed by atoms with Gasteiger partial charge in [0.05, 0.1) is 11.4 Å². The van der Waals surface area contributed by atoms with E-state index in [1.165, 1.54) is 6.07 Å². The molecule has 0 aliphatic carbocycles. The van der Waals surface area contributed by atoms with Crippen LogP contribution in [-0.4, -0.2) is 19.7 Å². The standard InChI is InChI=1S/C18H22N4O/c1-11(2)7-8-22-18-17(13(4)21-22)12(3)9-15(20-18)14-5-6-16(23)19-10-14/h5-6,9-11H,7-8H2,1-4H3,(H,19,23). The van der Waals surface area contributed by atoms with Gasteiger partial charge in [0, 0.05) is 29.8 Å². The van der Waals surface area contributed by atoms with Gasteiger partial charge in [0.25, 0.3) is 0 Å². The Hall–Kier alpha value is -2.43. The largest absolute Gasteiger partial charge is 0.328 e. The van der Waals surface area contributed by atoms with Gasteiger partial charge in [0.2, 0.25) is 5.56 Å². The molecule has 0 unspecified atom stereocenters. The first-order chi connectivity index (χ1) is 11.0. The zero-order valence-corrected chi connectivity index (χ0v) is 14.1. The Labute approximate surface area is 135 Å². The molecule has 23 heavy (non-hydrogen) atoms. The fraction of sp³-hybridized carbons (Fsp3) is 0.389. The molecule has 0 bridgehead atoms. The quantitative estimate of drug-likeness (QED) is 0.802. The molecule has 3 heterocycles. The van der Waals surface area contributed by atoms with E-state index in [-0.39, 0.29) is 5.56 Å². The second kappa shape index (κ2) is 5.99. The molecule has 0 aliphatic heterocycles. The van der Waals surface area contributed by atoms with Gasteiger partial charge in [-0.3, -0.25) is 4.79 Å². The highest BCUT2D eigenvalue weighted by atomic mass is 16.1. The number of nitrogens with one attached hydrogen (secondary N) is 1. The molecular weight excluding hydrogens is 288 g/mol. The van der Waals surface area contributed by atoms with Gasteiger partial charge in [-0.15, -0.1) is 0 Å². The molecule has 5 heteroatoms. The van der Waals surface area contributed by atoms with Crippen molar-refractivity contribution in [1.29, 1.82) is 0 Å². The number of rotatable bonds is 4. The normalized spacial score (nSPS) is 11.5. The average Bonchev–Trinajstić information content (AvgIpc) is 2.82. The van der Waals surface area contributed by atoms with Gasteiger partial charge in [0.15, 0.2) is 5.65 Å². The minimum atomic E-state index is -0.107. The highest BCUT2D eigenvalue weighted by Gasteiger charge is 2.14. The molecule has 0 atom stereocenters. The van der Waals surface area contributed by atoms with Crippen LogP contribution in [0.3, 0.4) is 0 Å². The molecule has 0 aromatic carbocycles. The van der Waals surface area contributed by atoms with Crippen LogP contribution in [-0.2, 0) is 6.54 Å². The average molecular weight is 310 g/mol. The Bertz CT molecular complexity index is 885. The highest BCUT2D eigenvalue weighted by Crippen LogP contribution is 2.26. The highest BCUT2D eigenvalue weighted by molar-refractivity contribution is 5.84. The third-order valence-corrected chi connectivity index (χ3v) is 4.07. The van der Waals surface area contributed by atoms with Crippen molar-refractivity contribution in [2.75, 3.05) is 0 Å². The van der Waals surface area contributed by atoms with Crippen LogP contribution in [0.2, 0.25) is 0 Å². The monoisotopic (exact) mass is 310 g/mol. The van der Waals surface area contributed by atoms with Crippen molar-refractivity contribution in [3.05, 3.63) is 46.0 Å². The number of H-pyrrole nitrogens is 1. The summed E-state index contributed by atoms with van der Waals surface area (Å²) in [5, 5.41) is 5.79. The molecule has 1 N–H and O–H groups in total. The lowest BCUT2D eigenvalue weighted by Gasteiger charge is -2.08. The number of hydrogen-bond acceptors (Lipinski definition) is 3. The first-order valence-corrected chi connectivity index (χ1v) is 7.99. The Morgan fingerprint density at radius 1 is 1.26 bits per heavy atom. The molecule has 120 valence electrons. The number of aromatic amines is 1. The maximum atomic E-state index is 11.2. The number of hydrogen-bond donors (Lipinski definition) is 1.